The summed E-state index contributed by atoms with van der Waals surface area (Å²) < 4.78 is 65.0. The van der Waals surface area contributed by atoms with Gasteiger partial charge in [-0.05, 0) is 56.2 Å². The number of carbonyl (C=O) groups is 1. The van der Waals surface area contributed by atoms with E-state index in [-0.39, 0.29) is 35.4 Å². The number of hydrogen-bond acceptors (Lipinski definition) is 7. The van der Waals surface area contributed by atoms with Crippen molar-refractivity contribution in [1.29, 1.82) is 0 Å². The molecule has 1 unspecified atom stereocenters. The van der Waals surface area contributed by atoms with Crippen LogP contribution in [-0.2, 0) is 29.6 Å². The number of nitrogens with zero attached hydrogens (tertiary/aromatic N) is 2. The topological polar surface area (TPSA) is 122 Å². The van der Waals surface area contributed by atoms with E-state index in [0.717, 1.165) is 5.56 Å². The van der Waals surface area contributed by atoms with E-state index in [1.165, 1.54) is 20.7 Å². The first-order valence-electron chi connectivity index (χ1n) is 12.3. The molecule has 202 valence electrons. The third-order valence-electron chi connectivity index (χ3n) is 6.52. The standard InChI is InChI=1S/C25H33N3O7S2/c1-20-4-8-23(9-5-20)37(32,33)28-13-2-3-21(19-28)25(29)26-12-16-35-22-6-10-24(11-7-22)36(30,31)27-14-17-34-18-15-27/h4-11,21H,2-3,12-19H2,1H3,(H,26,29). The van der Waals surface area contributed by atoms with Gasteiger partial charge in [-0.3, -0.25) is 4.79 Å². The van der Waals surface area contributed by atoms with Crippen molar-refractivity contribution < 1.29 is 31.1 Å². The first-order valence-corrected chi connectivity index (χ1v) is 15.2. The van der Waals surface area contributed by atoms with E-state index in [4.69, 9.17) is 9.47 Å². The molecule has 2 aromatic rings. The third-order valence-corrected chi connectivity index (χ3v) is 10.3. The minimum atomic E-state index is -3.65. The normalized spacial score (nSPS) is 19.9. The molecule has 37 heavy (non-hydrogen) atoms. The average molecular weight is 552 g/mol. The summed E-state index contributed by atoms with van der Waals surface area (Å²) in [6, 6.07) is 12.9. The summed E-state index contributed by atoms with van der Waals surface area (Å²) >= 11 is 0. The molecule has 2 fully saturated rings. The SMILES string of the molecule is Cc1ccc(S(=O)(=O)N2CCCC(C(=O)NCCOc3ccc(S(=O)(=O)N4CCOCC4)cc3)C2)cc1. The van der Waals surface area contributed by atoms with E-state index < -0.39 is 26.0 Å². The predicted octanol–water partition coefficient (Wildman–Crippen LogP) is 1.61. The van der Waals surface area contributed by atoms with E-state index in [0.29, 0.717) is 51.4 Å². The Morgan fingerprint density at radius 2 is 1.51 bits per heavy atom. The van der Waals surface area contributed by atoms with Crippen LogP contribution in [0.25, 0.3) is 0 Å². The highest BCUT2D eigenvalue weighted by Crippen LogP contribution is 2.24. The van der Waals surface area contributed by atoms with E-state index >= 15 is 0 Å². The van der Waals surface area contributed by atoms with Crippen molar-refractivity contribution in [1.82, 2.24) is 13.9 Å². The zero-order valence-corrected chi connectivity index (χ0v) is 22.5. The number of nitrogens with one attached hydrogen (secondary N) is 1. The summed E-state index contributed by atoms with van der Waals surface area (Å²) in [5, 5.41) is 2.82. The second-order valence-corrected chi connectivity index (χ2v) is 13.0. The molecular formula is C25H33N3O7S2. The molecule has 2 aromatic carbocycles. The lowest BCUT2D eigenvalue weighted by Gasteiger charge is -2.31. The first kappa shape index (κ1) is 27.5. The Morgan fingerprint density at radius 1 is 0.919 bits per heavy atom. The monoisotopic (exact) mass is 551 g/mol. The van der Waals surface area contributed by atoms with Crippen molar-refractivity contribution in [3.63, 3.8) is 0 Å². The lowest BCUT2D eigenvalue weighted by atomic mass is 9.99. The molecular weight excluding hydrogens is 518 g/mol. The maximum Gasteiger partial charge on any atom is 0.243 e. The Kier molecular flexibility index (Phi) is 8.86. The lowest BCUT2D eigenvalue weighted by Crippen LogP contribution is -2.45. The van der Waals surface area contributed by atoms with Crippen LogP contribution in [-0.4, -0.2) is 83.9 Å². The minimum absolute atomic E-state index is 0.141. The molecule has 1 amide bonds. The van der Waals surface area contributed by atoms with E-state index in [1.54, 1.807) is 36.4 Å². The molecule has 0 spiro atoms. The number of hydrogen-bond donors (Lipinski definition) is 1. The number of piperidine rings is 1. The second-order valence-electron chi connectivity index (χ2n) is 9.14. The van der Waals surface area contributed by atoms with Crippen molar-refractivity contribution in [2.75, 3.05) is 52.5 Å². The van der Waals surface area contributed by atoms with Gasteiger partial charge in [0, 0.05) is 26.2 Å². The van der Waals surface area contributed by atoms with Crippen molar-refractivity contribution in [3.05, 3.63) is 54.1 Å². The molecule has 10 nitrogen and oxygen atoms in total. The summed E-state index contributed by atoms with van der Waals surface area (Å²) in [5.41, 5.74) is 0.978. The van der Waals surface area contributed by atoms with Crippen LogP contribution in [0.15, 0.2) is 58.3 Å². The lowest BCUT2D eigenvalue weighted by molar-refractivity contribution is -0.126. The van der Waals surface area contributed by atoms with E-state index in [9.17, 15) is 21.6 Å². The number of morpholine rings is 1. The molecule has 0 aromatic heterocycles. The van der Waals surface area contributed by atoms with Gasteiger partial charge < -0.3 is 14.8 Å². The molecule has 2 aliphatic rings. The Hall–Kier alpha value is -2.51. The third kappa shape index (κ3) is 6.68. The number of carbonyl (C=O) groups excluding carboxylic acids is 1. The fourth-order valence-corrected chi connectivity index (χ4v) is 7.30. The van der Waals surface area contributed by atoms with Crippen LogP contribution >= 0.6 is 0 Å². The van der Waals surface area contributed by atoms with Crippen molar-refractivity contribution in [3.8, 4) is 5.75 Å². The molecule has 0 saturated carbocycles. The van der Waals surface area contributed by atoms with Gasteiger partial charge in [-0.1, -0.05) is 17.7 Å². The van der Waals surface area contributed by atoms with Crippen molar-refractivity contribution in [2.45, 2.75) is 29.6 Å². The van der Waals surface area contributed by atoms with Crippen LogP contribution in [0.4, 0.5) is 0 Å². The molecule has 2 heterocycles. The molecule has 0 bridgehead atoms. The molecule has 0 aliphatic carbocycles. The molecule has 1 N–H and O–H groups in total. The van der Waals surface area contributed by atoms with Crippen LogP contribution in [0.2, 0.25) is 0 Å². The summed E-state index contributed by atoms with van der Waals surface area (Å²) in [7, 11) is -7.22. The summed E-state index contributed by atoms with van der Waals surface area (Å²) in [6.45, 7) is 4.29. The second kappa shape index (κ2) is 11.9. The number of rotatable bonds is 9. The van der Waals surface area contributed by atoms with E-state index in [1.807, 2.05) is 6.92 Å². The highest BCUT2D eigenvalue weighted by molar-refractivity contribution is 7.89. The molecule has 2 saturated heterocycles. The van der Waals surface area contributed by atoms with Crippen LogP contribution in [0.3, 0.4) is 0 Å². The number of aryl methyl sites for hydroxylation is 1. The fourth-order valence-electron chi connectivity index (χ4n) is 4.37. The van der Waals surface area contributed by atoms with Gasteiger partial charge >= 0.3 is 0 Å². The molecule has 2 aliphatic heterocycles. The van der Waals surface area contributed by atoms with Gasteiger partial charge in [0.2, 0.25) is 26.0 Å². The highest BCUT2D eigenvalue weighted by atomic mass is 32.2. The Morgan fingerprint density at radius 3 is 2.16 bits per heavy atom. The number of ether oxygens (including phenoxy) is 2. The largest absolute Gasteiger partial charge is 0.492 e. The molecule has 1 atom stereocenters. The van der Waals surface area contributed by atoms with Crippen molar-refractivity contribution >= 4 is 26.0 Å². The molecule has 4 rings (SSSR count). The number of amides is 1. The zero-order valence-electron chi connectivity index (χ0n) is 20.8. The highest BCUT2D eigenvalue weighted by Gasteiger charge is 2.33. The van der Waals surface area contributed by atoms with Gasteiger partial charge in [-0.15, -0.1) is 0 Å². The van der Waals surface area contributed by atoms with Gasteiger partial charge in [0.05, 0.1) is 35.5 Å². The predicted molar refractivity (Wildman–Crippen MR) is 137 cm³/mol. The Balaban J connectivity index is 1.24. The summed E-state index contributed by atoms with van der Waals surface area (Å²) in [4.78, 5) is 13.1. The number of sulfonamides is 2. The maximum atomic E-state index is 13.0. The van der Waals surface area contributed by atoms with Crippen LogP contribution in [0.5, 0.6) is 5.75 Å². The first-order chi connectivity index (χ1) is 17.7. The Bertz CT molecular complexity index is 1270. The van der Waals surface area contributed by atoms with Gasteiger partial charge in [0.15, 0.2) is 0 Å². The average Bonchev–Trinajstić information content (AvgIpc) is 2.92. The van der Waals surface area contributed by atoms with Crippen LogP contribution < -0.4 is 10.1 Å². The molecule has 12 heteroatoms. The van der Waals surface area contributed by atoms with Gasteiger partial charge in [0.1, 0.15) is 12.4 Å². The van der Waals surface area contributed by atoms with Gasteiger partial charge in [-0.2, -0.15) is 8.61 Å². The van der Waals surface area contributed by atoms with Gasteiger partial charge in [-0.25, -0.2) is 16.8 Å². The molecule has 0 radical (unpaired) electrons. The van der Waals surface area contributed by atoms with Crippen LogP contribution in [0, 0.1) is 12.8 Å². The maximum absolute atomic E-state index is 13.0. The summed E-state index contributed by atoms with van der Waals surface area (Å²) in [6.07, 6.45) is 1.23. The minimum Gasteiger partial charge on any atom is -0.492 e. The van der Waals surface area contributed by atoms with Crippen LogP contribution in [0.1, 0.15) is 18.4 Å². The number of benzene rings is 2. The fraction of sp³-hybridized carbons (Fsp3) is 0.480. The zero-order chi connectivity index (χ0) is 26.5. The Labute approximate surface area is 218 Å². The van der Waals surface area contributed by atoms with E-state index in [2.05, 4.69) is 5.32 Å². The van der Waals surface area contributed by atoms with Gasteiger partial charge in [0.25, 0.3) is 0 Å². The summed E-state index contributed by atoms with van der Waals surface area (Å²) in [5.74, 6) is -0.152. The van der Waals surface area contributed by atoms with Crippen molar-refractivity contribution in [2.24, 2.45) is 5.92 Å². The smallest absolute Gasteiger partial charge is 0.243 e. The quantitative estimate of drug-likeness (QED) is 0.470.